The highest BCUT2D eigenvalue weighted by atomic mass is 19.4. The minimum absolute atomic E-state index is 0.0481. The number of esters is 1. The van der Waals surface area contributed by atoms with Gasteiger partial charge in [0.15, 0.2) is 0 Å². The van der Waals surface area contributed by atoms with Gasteiger partial charge in [0.2, 0.25) is 5.88 Å². The number of methoxy groups -OCH3 is 1. The smallest absolute Gasteiger partial charge is 0.465 e. The van der Waals surface area contributed by atoms with Gasteiger partial charge in [-0.2, -0.15) is 13.2 Å². The Balaban J connectivity index is 3.58. The first-order chi connectivity index (χ1) is 9.51. The molecule has 2 N–H and O–H groups in total. The lowest BCUT2D eigenvalue weighted by Crippen LogP contribution is -2.24. The van der Waals surface area contributed by atoms with Crippen LogP contribution in [0.1, 0.15) is 21.5 Å². The van der Waals surface area contributed by atoms with E-state index in [1.807, 2.05) is 0 Å². The predicted octanol–water partition coefficient (Wildman–Crippen LogP) is 2.24. The average molecular weight is 318 g/mol. The molecule has 0 atom stereocenters. The number of rotatable bonds is 3. The summed E-state index contributed by atoms with van der Waals surface area (Å²) in [7, 11) is 0.771. The molecule has 0 aromatic carbocycles. The summed E-state index contributed by atoms with van der Waals surface area (Å²) in [6.07, 6.45) is -10.2. The molecule has 21 heavy (non-hydrogen) atoms. The van der Waals surface area contributed by atoms with Crippen LogP contribution in [0.5, 0.6) is 5.88 Å². The topological polar surface area (TPSA) is 74.4 Å². The summed E-state index contributed by atoms with van der Waals surface area (Å²) in [5, 5.41) is 0. The van der Waals surface area contributed by atoms with Crippen molar-refractivity contribution in [3.8, 4) is 5.88 Å². The van der Waals surface area contributed by atoms with E-state index in [0.717, 1.165) is 7.11 Å². The summed E-state index contributed by atoms with van der Waals surface area (Å²) < 4.78 is 82.4. The molecule has 0 saturated carbocycles. The number of pyridine rings is 1. The molecule has 0 aliphatic heterocycles. The third-order valence-electron chi connectivity index (χ3n) is 2.25. The van der Waals surface area contributed by atoms with Gasteiger partial charge in [0.1, 0.15) is 0 Å². The van der Waals surface area contributed by atoms with Crippen LogP contribution in [0.15, 0.2) is 6.20 Å². The van der Waals surface area contributed by atoms with Gasteiger partial charge in [-0.25, -0.2) is 9.78 Å². The quantitative estimate of drug-likeness (QED) is 0.683. The summed E-state index contributed by atoms with van der Waals surface area (Å²) in [4.78, 5) is 14.4. The van der Waals surface area contributed by atoms with Crippen molar-refractivity contribution < 1.29 is 40.6 Å². The zero-order chi connectivity index (χ0) is 16.4. The average Bonchev–Trinajstić information content (AvgIpc) is 2.33. The molecular formula is C10H8F6N2O3. The number of aromatic nitrogens is 1. The predicted molar refractivity (Wildman–Crippen MR) is 55.2 cm³/mol. The monoisotopic (exact) mass is 318 g/mol. The fraction of sp³-hybridized carbons (Fsp3) is 0.400. The first-order valence-electron chi connectivity index (χ1n) is 5.14. The minimum Gasteiger partial charge on any atom is -0.465 e. The number of halogens is 6. The van der Waals surface area contributed by atoms with Gasteiger partial charge in [0.05, 0.1) is 18.2 Å². The largest absolute Gasteiger partial charge is 0.574 e. The van der Waals surface area contributed by atoms with Gasteiger partial charge in [-0.1, -0.05) is 0 Å². The Bertz CT molecular complexity index is 541. The van der Waals surface area contributed by atoms with E-state index in [-0.39, 0.29) is 6.20 Å². The zero-order valence-electron chi connectivity index (χ0n) is 10.3. The molecule has 0 aliphatic carbocycles. The molecule has 0 bridgehead atoms. The molecule has 5 nitrogen and oxygen atoms in total. The van der Waals surface area contributed by atoms with Crippen LogP contribution < -0.4 is 10.5 Å². The van der Waals surface area contributed by atoms with Crippen LogP contribution in [0.4, 0.5) is 26.3 Å². The van der Waals surface area contributed by atoms with E-state index in [4.69, 9.17) is 5.73 Å². The maximum atomic E-state index is 12.8. The molecule has 118 valence electrons. The highest BCUT2D eigenvalue weighted by Crippen LogP contribution is 2.36. The second-order valence-electron chi connectivity index (χ2n) is 3.57. The Morgan fingerprint density at radius 3 is 2.24 bits per heavy atom. The van der Waals surface area contributed by atoms with Crippen molar-refractivity contribution in [1.82, 2.24) is 4.98 Å². The highest BCUT2D eigenvalue weighted by Gasteiger charge is 2.40. The molecule has 11 heteroatoms. The number of nitrogens with two attached hydrogens (primary N) is 1. The maximum Gasteiger partial charge on any atom is 0.574 e. The van der Waals surface area contributed by atoms with Crippen molar-refractivity contribution in [2.45, 2.75) is 19.1 Å². The van der Waals surface area contributed by atoms with Crippen LogP contribution in [0.3, 0.4) is 0 Å². The van der Waals surface area contributed by atoms with Gasteiger partial charge in [-0.15, -0.1) is 13.2 Å². The Morgan fingerprint density at radius 2 is 1.86 bits per heavy atom. The van der Waals surface area contributed by atoms with Crippen LogP contribution in [-0.2, 0) is 17.5 Å². The third-order valence-corrected chi connectivity index (χ3v) is 2.25. The van der Waals surface area contributed by atoms with E-state index in [9.17, 15) is 31.1 Å². The zero-order valence-corrected chi connectivity index (χ0v) is 10.3. The number of carbonyl (C=O) groups excluding carboxylic acids is 1. The van der Waals surface area contributed by atoms with Gasteiger partial charge in [0, 0.05) is 18.3 Å². The second-order valence-corrected chi connectivity index (χ2v) is 3.57. The maximum absolute atomic E-state index is 12.8. The molecule has 1 heterocycles. The number of hydrogen-bond acceptors (Lipinski definition) is 5. The normalized spacial score (nSPS) is 12.2. The fourth-order valence-corrected chi connectivity index (χ4v) is 1.47. The molecule has 0 saturated heterocycles. The van der Waals surface area contributed by atoms with Crippen molar-refractivity contribution in [2.75, 3.05) is 7.11 Å². The highest BCUT2D eigenvalue weighted by molar-refractivity contribution is 5.93. The van der Waals surface area contributed by atoms with Gasteiger partial charge in [-0.05, 0) is 0 Å². The van der Waals surface area contributed by atoms with E-state index in [1.165, 1.54) is 0 Å². The van der Waals surface area contributed by atoms with Crippen LogP contribution in [0, 0.1) is 0 Å². The van der Waals surface area contributed by atoms with Crippen LogP contribution in [0.2, 0.25) is 0 Å². The number of ether oxygens (including phenoxy) is 2. The molecule has 0 radical (unpaired) electrons. The standard InChI is InChI=1S/C10H8F6N2O3/c1-20-8(19)6-4(2-17)7(21-10(14,15)16)18-3-5(6)9(11,12)13/h3H,2,17H2,1H3. The molecular weight excluding hydrogens is 310 g/mol. The van der Waals surface area contributed by atoms with Gasteiger partial charge in [0.25, 0.3) is 0 Å². The number of hydrogen-bond donors (Lipinski definition) is 1. The molecule has 0 unspecified atom stereocenters. The molecule has 1 aromatic rings. The lowest BCUT2D eigenvalue weighted by Gasteiger charge is -2.17. The van der Waals surface area contributed by atoms with Crippen molar-refractivity contribution >= 4 is 5.97 Å². The summed E-state index contributed by atoms with van der Waals surface area (Å²) in [5.41, 5.74) is 1.53. The van der Waals surface area contributed by atoms with Crippen molar-refractivity contribution in [1.29, 1.82) is 0 Å². The van der Waals surface area contributed by atoms with E-state index in [1.54, 1.807) is 0 Å². The number of carbonyl (C=O) groups is 1. The lowest BCUT2D eigenvalue weighted by molar-refractivity contribution is -0.276. The first-order valence-corrected chi connectivity index (χ1v) is 5.14. The van der Waals surface area contributed by atoms with E-state index in [2.05, 4.69) is 14.5 Å². The Morgan fingerprint density at radius 1 is 1.29 bits per heavy atom. The SMILES string of the molecule is COC(=O)c1c(C(F)(F)F)cnc(OC(F)(F)F)c1CN. The second kappa shape index (κ2) is 5.76. The van der Waals surface area contributed by atoms with Crippen molar-refractivity contribution in [3.63, 3.8) is 0 Å². The van der Waals surface area contributed by atoms with E-state index >= 15 is 0 Å². The van der Waals surface area contributed by atoms with E-state index < -0.39 is 47.6 Å². The fourth-order valence-electron chi connectivity index (χ4n) is 1.47. The Labute approximate surface area is 113 Å². The Hall–Kier alpha value is -2.04. The van der Waals surface area contributed by atoms with Crippen molar-refractivity contribution in [3.05, 3.63) is 22.9 Å². The molecule has 1 rings (SSSR count). The van der Waals surface area contributed by atoms with E-state index in [0.29, 0.717) is 0 Å². The van der Waals surface area contributed by atoms with Crippen LogP contribution in [-0.4, -0.2) is 24.4 Å². The lowest BCUT2D eigenvalue weighted by atomic mass is 10.0. The summed E-state index contributed by atoms with van der Waals surface area (Å²) in [5.74, 6) is -2.74. The van der Waals surface area contributed by atoms with Gasteiger partial charge >= 0.3 is 18.5 Å². The molecule has 0 fully saturated rings. The summed E-state index contributed by atoms with van der Waals surface area (Å²) in [6.45, 7) is -0.841. The third kappa shape index (κ3) is 3.97. The van der Waals surface area contributed by atoms with Gasteiger partial charge < -0.3 is 15.2 Å². The summed E-state index contributed by atoms with van der Waals surface area (Å²) in [6, 6.07) is 0. The Kier molecular flexibility index (Phi) is 4.66. The molecule has 0 amide bonds. The van der Waals surface area contributed by atoms with Crippen molar-refractivity contribution in [2.24, 2.45) is 5.73 Å². The molecule has 0 aliphatic rings. The minimum atomic E-state index is -5.20. The van der Waals surface area contributed by atoms with Gasteiger partial charge in [-0.3, -0.25) is 0 Å². The molecule has 1 aromatic heterocycles. The molecule has 0 spiro atoms. The van der Waals surface area contributed by atoms with Crippen LogP contribution >= 0.6 is 0 Å². The van der Waals surface area contributed by atoms with Crippen LogP contribution in [0.25, 0.3) is 0 Å². The number of alkyl halides is 6. The first kappa shape index (κ1) is 17.0. The number of nitrogens with zero attached hydrogens (tertiary/aromatic N) is 1. The summed E-state index contributed by atoms with van der Waals surface area (Å²) >= 11 is 0.